The van der Waals surface area contributed by atoms with Gasteiger partial charge in [0.25, 0.3) is 16.0 Å². The number of nitrogens with two attached hydrogens (primary N) is 1. The Morgan fingerprint density at radius 3 is 2.18 bits per heavy atom. The van der Waals surface area contributed by atoms with Gasteiger partial charge in [-0.15, -0.1) is 11.8 Å². The predicted octanol–water partition coefficient (Wildman–Crippen LogP) is 3.92. The summed E-state index contributed by atoms with van der Waals surface area (Å²) in [6, 6.07) is 15.6. The van der Waals surface area contributed by atoms with Crippen molar-refractivity contribution in [1.29, 1.82) is 0 Å². The highest BCUT2D eigenvalue weighted by atomic mass is 32.2. The molecule has 0 radical (unpaired) electrons. The summed E-state index contributed by atoms with van der Waals surface area (Å²) in [4.78, 5) is 55.0. The average molecular weight is 803 g/mol. The molecule has 1 saturated heterocycles. The third-order valence-corrected chi connectivity index (χ3v) is 11.8. The van der Waals surface area contributed by atoms with Crippen molar-refractivity contribution >= 4 is 51.2 Å². The molecule has 5 rings (SSSR count). The van der Waals surface area contributed by atoms with E-state index in [0.29, 0.717) is 16.8 Å². The molecule has 13 nitrogen and oxygen atoms in total. The Morgan fingerprint density at radius 2 is 1.58 bits per heavy atom. The number of rotatable bonds is 17. The zero-order valence-electron chi connectivity index (χ0n) is 29.9. The predicted molar refractivity (Wildman–Crippen MR) is 201 cm³/mol. The number of ether oxygens (including phenoxy) is 1. The molecule has 1 aliphatic heterocycles. The molecule has 1 aliphatic carbocycles. The number of aliphatic hydroxyl groups is 1. The van der Waals surface area contributed by atoms with Gasteiger partial charge in [-0.3, -0.25) is 29.0 Å². The molecule has 5 N–H and O–H groups in total. The number of halogens is 2. The molecule has 3 aromatic rings. The third-order valence-electron chi connectivity index (χ3n) is 9.74. The highest BCUT2D eigenvalue weighted by Gasteiger charge is 2.49. The minimum absolute atomic E-state index is 0.0352. The second kappa shape index (κ2) is 18.9. The number of carbonyl (C=O) groups is 4. The van der Waals surface area contributed by atoms with E-state index in [2.05, 4.69) is 5.32 Å². The number of thioether (sulfide) groups is 1. The lowest BCUT2D eigenvalue weighted by atomic mass is 9.84. The van der Waals surface area contributed by atoms with E-state index in [-0.39, 0.29) is 29.7 Å². The van der Waals surface area contributed by atoms with E-state index in [9.17, 15) is 46.0 Å². The average Bonchev–Trinajstić information content (AvgIpc) is 3.16. The van der Waals surface area contributed by atoms with E-state index in [0.717, 1.165) is 37.0 Å². The lowest BCUT2D eigenvalue weighted by molar-refractivity contribution is -0.144. The minimum atomic E-state index is -4.54. The second-order valence-electron chi connectivity index (χ2n) is 13.6. The number of imide groups is 1. The standard InChI is InChI=1S/C38H44F2N4O9S2/c39-27-10-6-25(7-11-27)32(45)23-54-36-35(44(38(36)49)29-14-12-28(40)13-15-29)26-8-16-30(17-9-26)53-22-34(47)43(18-19-55(50,51)52)31(37(48)42-33(46)21-41)20-24-4-2-1-3-5-24/h6-17,24,31-32,35-36,45H,1-5,18-23,41H2,(H,42,46,48)(H,50,51,52)/t31-,32+,35?,36-/m1/s1. The number of β-lactam (4-membered cyclic amide) rings is 1. The Bertz CT molecular complexity index is 1910. The summed E-state index contributed by atoms with van der Waals surface area (Å²) in [6.07, 6.45) is 3.64. The second-order valence-corrected chi connectivity index (χ2v) is 16.3. The number of amides is 4. The Balaban J connectivity index is 1.32. The maximum atomic E-state index is 13.8. The summed E-state index contributed by atoms with van der Waals surface area (Å²) >= 11 is 1.22. The summed E-state index contributed by atoms with van der Waals surface area (Å²) in [5, 5.41) is 12.3. The fourth-order valence-electron chi connectivity index (χ4n) is 6.86. The largest absolute Gasteiger partial charge is 0.484 e. The molecule has 3 aromatic carbocycles. The number of hydrogen-bond donors (Lipinski definition) is 4. The molecule has 1 heterocycles. The quantitative estimate of drug-likeness (QED) is 0.114. The van der Waals surface area contributed by atoms with E-state index in [1.807, 2.05) is 0 Å². The van der Waals surface area contributed by atoms with Crippen LogP contribution in [-0.2, 0) is 29.3 Å². The van der Waals surface area contributed by atoms with Gasteiger partial charge in [0.15, 0.2) is 6.61 Å². The Hall–Kier alpha value is -4.42. The van der Waals surface area contributed by atoms with Crippen LogP contribution in [0.5, 0.6) is 5.75 Å². The number of nitrogens with zero attached hydrogens (tertiary/aromatic N) is 2. The van der Waals surface area contributed by atoms with Crippen LogP contribution < -0.4 is 20.7 Å². The smallest absolute Gasteiger partial charge is 0.266 e. The van der Waals surface area contributed by atoms with Crippen molar-refractivity contribution in [1.82, 2.24) is 10.2 Å². The van der Waals surface area contributed by atoms with E-state index < -0.39 is 88.4 Å². The summed E-state index contributed by atoms with van der Waals surface area (Å²) in [5.41, 5.74) is 7.01. The molecule has 4 atom stereocenters. The summed E-state index contributed by atoms with van der Waals surface area (Å²) < 4.78 is 65.9. The van der Waals surface area contributed by atoms with Crippen LogP contribution in [0.4, 0.5) is 14.5 Å². The molecule has 2 fully saturated rings. The molecular weight excluding hydrogens is 759 g/mol. The van der Waals surface area contributed by atoms with Gasteiger partial charge < -0.3 is 25.4 Å². The van der Waals surface area contributed by atoms with Crippen molar-refractivity contribution in [3.05, 3.63) is 95.6 Å². The van der Waals surface area contributed by atoms with Gasteiger partial charge in [0.1, 0.15) is 28.7 Å². The molecule has 296 valence electrons. The van der Waals surface area contributed by atoms with Crippen LogP contribution in [0.25, 0.3) is 0 Å². The number of hydrogen-bond acceptors (Lipinski definition) is 10. The monoisotopic (exact) mass is 802 g/mol. The van der Waals surface area contributed by atoms with E-state index in [4.69, 9.17) is 10.5 Å². The first-order valence-electron chi connectivity index (χ1n) is 17.9. The zero-order valence-corrected chi connectivity index (χ0v) is 31.5. The first kappa shape index (κ1) is 41.7. The summed E-state index contributed by atoms with van der Waals surface area (Å²) in [7, 11) is -4.54. The molecule has 0 bridgehead atoms. The van der Waals surface area contributed by atoms with Crippen molar-refractivity contribution in [3.63, 3.8) is 0 Å². The molecule has 4 amide bonds. The van der Waals surface area contributed by atoms with Gasteiger partial charge in [0.05, 0.1) is 24.4 Å². The molecule has 2 aliphatic rings. The topological polar surface area (TPSA) is 197 Å². The van der Waals surface area contributed by atoms with Gasteiger partial charge in [-0.2, -0.15) is 8.42 Å². The van der Waals surface area contributed by atoms with Gasteiger partial charge in [-0.1, -0.05) is 56.4 Å². The number of carbonyl (C=O) groups excluding carboxylic acids is 4. The van der Waals surface area contributed by atoms with Gasteiger partial charge in [0.2, 0.25) is 17.7 Å². The third kappa shape index (κ3) is 11.3. The molecule has 0 spiro atoms. The molecule has 17 heteroatoms. The van der Waals surface area contributed by atoms with Gasteiger partial charge in [-0.25, -0.2) is 8.78 Å². The summed E-state index contributed by atoms with van der Waals surface area (Å²) in [5.74, 6) is -3.97. The Morgan fingerprint density at radius 1 is 0.964 bits per heavy atom. The van der Waals surface area contributed by atoms with Crippen molar-refractivity contribution in [2.45, 2.75) is 62.0 Å². The minimum Gasteiger partial charge on any atom is -0.484 e. The zero-order chi connectivity index (χ0) is 39.7. The highest BCUT2D eigenvalue weighted by Crippen LogP contribution is 2.46. The molecular formula is C38H44F2N4O9S2. The van der Waals surface area contributed by atoms with Crippen molar-refractivity contribution in [2.24, 2.45) is 11.7 Å². The summed E-state index contributed by atoms with van der Waals surface area (Å²) in [6.45, 7) is -1.63. The Kier molecular flexibility index (Phi) is 14.4. The Labute approximate surface area is 322 Å². The van der Waals surface area contributed by atoms with Crippen LogP contribution in [-0.4, -0.2) is 89.1 Å². The molecule has 1 unspecified atom stereocenters. The molecule has 55 heavy (non-hydrogen) atoms. The fraction of sp³-hybridized carbons (Fsp3) is 0.421. The van der Waals surface area contributed by atoms with Crippen molar-refractivity contribution < 1.29 is 50.8 Å². The number of benzene rings is 3. The van der Waals surface area contributed by atoms with Crippen molar-refractivity contribution in [2.75, 3.05) is 36.1 Å². The maximum Gasteiger partial charge on any atom is 0.266 e. The van der Waals surface area contributed by atoms with Crippen LogP contribution in [0.3, 0.4) is 0 Å². The van der Waals surface area contributed by atoms with E-state index in [1.54, 1.807) is 24.3 Å². The van der Waals surface area contributed by atoms with Crippen LogP contribution in [0.1, 0.15) is 61.8 Å². The highest BCUT2D eigenvalue weighted by molar-refractivity contribution is 8.00. The fourth-order valence-corrected chi connectivity index (χ4v) is 8.58. The molecule has 1 saturated carbocycles. The molecule has 0 aromatic heterocycles. The van der Waals surface area contributed by atoms with Crippen molar-refractivity contribution in [3.8, 4) is 5.75 Å². The van der Waals surface area contributed by atoms with Crippen LogP contribution in [0, 0.1) is 17.6 Å². The van der Waals surface area contributed by atoms with Crippen LogP contribution in [0.15, 0.2) is 72.8 Å². The van der Waals surface area contributed by atoms with Gasteiger partial charge in [0, 0.05) is 18.0 Å². The van der Waals surface area contributed by atoms with E-state index in [1.165, 1.54) is 65.2 Å². The lowest BCUT2D eigenvalue weighted by Crippen LogP contribution is -2.57. The number of anilines is 1. The normalized spacial score (nSPS) is 18.6. The van der Waals surface area contributed by atoms with Gasteiger partial charge >= 0.3 is 0 Å². The number of aliphatic hydroxyl groups excluding tert-OH is 1. The van der Waals surface area contributed by atoms with Gasteiger partial charge in [-0.05, 0) is 72.0 Å². The first-order chi connectivity index (χ1) is 26.2. The SMILES string of the molecule is NCC(=O)NC(=O)[C@@H](CC1CCCCC1)N(CCS(=O)(=O)O)C(=O)COc1ccc(C2[C@@H](SC[C@H](O)c3ccc(F)cc3)C(=O)N2c2ccc(F)cc2)cc1. The lowest BCUT2D eigenvalue weighted by Gasteiger charge is -2.47. The number of nitrogens with one attached hydrogen (secondary N) is 1. The van der Waals surface area contributed by atoms with Crippen LogP contribution in [0.2, 0.25) is 0 Å². The van der Waals surface area contributed by atoms with Crippen LogP contribution >= 0.6 is 11.8 Å². The maximum absolute atomic E-state index is 13.8. The first-order valence-corrected chi connectivity index (χ1v) is 20.5. The van der Waals surface area contributed by atoms with E-state index >= 15 is 0 Å².